The molecule has 0 radical (unpaired) electrons. The van der Waals surface area contributed by atoms with Crippen LogP contribution in [-0.2, 0) is 6.42 Å². The number of unbranched alkanes of at least 4 members (excludes halogenated alkanes) is 2. The van der Waals surface area contributed by atoms with Crippen LogP contribution in [0.2, 0.25) is 0 Å². The van der Waals surface area contributed by atoms with Gasteiger partial charge in [0, 0.05) is 5.56 Å². The summed E-state index contributed by atoms with van der Waals surface area (Å²) in [6.45, 7) is 4.55. The molecule has 1 aromatic carbocycles. The number of aryl methyl sites for hydroxylation is 1. The van der Waals surface area contributed by atoms with E-state index in [0.717, 1.165) is 35.7 Å². The molecular weight excluding hydrogens is 384 g/mol. The lowest BCUT2D eigenvalue weighted by Crippen LogP contribution is -2.17. The highest BCUT2D eigenvalue weighted by atomic mass is 14.3. The molecule has 2 saturated carbocycles. The van der Waals surface area contributed by atoms with Crippen LogP contribution < -0.4 is 0 Å². The second-order valence-electron chi connectivity index (χ2n) is 10.8. The van der Waals surface area contributed by atoms with E-state index in [1.54, 1.807) is 0 Å². The summed E-state index contributed by atoms with van der Waals surface area (Å²) in [5.74, 6) is 10.4. The number of allylic oxidation sites excluding steroid dienone is 2. The molecule has 2 fully saturated rings. The molecule has 3 rings (SSSR count). The summed E-state index contributed by atoms with van der Waals surface area (Å²) in [7, 11) is 0. The average molecular weight is 433 g/mol. The first-order valence-corrected chi connectivity index (χ1v) is 14.0. The van der Waals surface area contributed by atoms with Gasteiger partial charge in [0.15, 0.2) is 0 Å². The molecule has 0 aliphatic heterocycles. The largest absolute Gasteiger partial charge is 0.0730 e. The molecule has 2 aliphatic rings. The third kappa shape index (κ3) is 9.17. The molecular formula is C32H48. The zero-order valence-electron chi connectivity index (χ0n) is 21.1. The molecule has 0 aromatic heterocycles. The van der Waals surface area contributed by atoms with E-state index in [9.17, 15) is 0 Å². The van der Waals surface area contributed by atoms with Crippen LogP contribution in [0.3, 0.4) is 0 Å². The fourth-order valence-electron chi connectivity index (χ4n) is 5.99. The predicted octanol–water partition coefficient (Wildman–Crippen LogP) is 9.52. The first-order chi connectivity index (χ1) is 15.8. The highest BCUT2D eigenvalue weighted by Gasteiger charge is 2.24. The third-order valence-electron chi connectivity index (χ3n) is 8.22. The van der Waals surface area contributed by atoms with Crippen LogP contribution in [0.15, 0.2) is 36.4 Å². The molecule has 0 spiro atoms. The molecule has 0 atom stereocenters. The average Bonchev–Trinajstić information content (AvgIpc) is 2.83. The number of hydrogen-bond acceptors (Lipinski definition) is 0. The topological polar surface area (TPSA) is 0 Å². The highest BCUT2D eigenvalue weighted by molar-refractivity contribution is 5.38. The second kappa shape index (κ2) is 14.6. The predicted molar refractivity (Wildman–Crippen MR) is 141 cm³/mol. The lowest BCUT2D eigenvalue weighted by atomic mass is 9.75. The molecule has 0 saturated heterocycles. The molecule has 2 aliphatic carbocycles. The summed E-state index contributed by atoms with van der Waals surface area (Å²) in [5, 5.41) is 0. The van der Waals surface area contributed by atoms with Crippen molar-refractivity contribution in [3.63, 3.8) is 0 Å². The van der Waals surface area contributed by atoms with Crippen molar-refractivity contribution >= 4 is 0 Å². The molecule has 0 amide bonds. The van der Waals surface area contributed by atoms with Crippen molar-refractivity contribution in [3.05, 3.63) is 47.5 Å². The Morgan fingerprint density at radius 3 is 1.91 bits per heavy atom. The van der Waals surface area contributed by atoms with Crippen LogP contribution >= 0.6 is 0 Å². The van der Waals surface area contributed by atoms with E-state index in [0.29, 0.717) is 0 Å². The Balaban J connectivity index is 1.28. The van der Waals surface area contributed by atoms with Gasteiger partial charge in [-0.15, -0.1) is 0 Å². The lowest BCUT2D eigenvalue weighted by Gasteiger charge is -2.31. The molecule has 0 heterocycles. The van der Waals surface area contributed by atoms with Crippen molar-refractivity contribution in [2.45, 2.75) is 117 Å². The Bertz CT molecular complexity index is 697. The second-order valence-corrected chi connectivity index (χ2v) is 10.8. The minimum absolute atomic E-state index is 0.756. The van der Waals surface area contributed by atoms with E-state index in [4.69, 9.17) is 0 Å². The van der Waals surface area contributed by atoms with Crippen molar-refractivity contribution in [2.75, 3.05) is 0 Å². The Morgan fingerprint density at radius 1 is 0.719 bits per heavy atom. The highest BCUT2D eigenvalue weighted by Crippen LogP contribution is 2.38. The van der Waals surface area contributed by atoms with Gasteiger partial charge in [-0.2, -0.15) is 0 Å². The van der Waals surface area contributed by atoms with E-state index >= 15 is 0 Å². The SMILES string of the molecule is CCCCCC1CCC(CCC2CCC(C=CC#Cc3ccc(CCC)cc3)CC2)CC1. The maximum atomic E-state index is 3.30. The van der Waals surface area contributed by atoms with Gasteiger partial charge in [-0.05, 0) is 79.5 Å². The van der Waals surface area contributed by atoms with Crippen LogP contribution in [0, 0.1) is 35.5 Å². The minimum atomic E-state index is 0.756. The van der Waals surface area contributed by atoms with Gasteiger partial charge in [0.1, 0.15) is 0 Å². The molecule has 0 N–H and O–H groups in total. The van der Waals surface area contributed by atoms with Gasteiger partial charge in [0.25, 0.3) is 0 Å². The summed E-state index contributed by atoms with van der Waals surface area (Å²) >= 11 is 0. The van der Waals surface area contributed by atoms with Crippen LogP contribution in [0.4, 0.5) is 0 Å². The molecule has 0 unspecified atom stereocenters. The molecule has 32 heavy (non-hydrogen) atoms. The Morgan fingerprint density at radius 2 is 1.31 bits per heavy atom. The molecule has 0 nitrogen and oxygen atoms in total. The Kier molecular flexibility index (Phi) is 11.5. The van der Waals surface area contributed by atoms with Gasteiger partial charge in [-0.1, -0.05) is 115 Å². The number of hydrogen-bond donors (Lipinski definition) is 0. The maximum absolute atomic E-state index is 3.30. The summed E-state index contributed by atoms with van der Waals surface area (Å²) < 4.78 is 0. The molecule has 176 valence electrons. The monoisotopic (exact) mass is 432 g/mol. The number of rotatable bonds is 10. The zero-order valence-corrected chi connectivity index (χ0v) is 21.1. The van der Waals surface area contributed by atoms with Crippen molar-refractivity contribution in [3.8, 4) is 11.8 Å². The van der Waals surface area contributed by atoms with Crippen molar-refractivity contribution in [1.29, 1.82) is 0 Å². The lowest BCUT2D eigenvalue weighted by molar-refractivity contribution is 0.219. The fraction of sp³-hybridized carbons (Fsp3) is 0.688. The summed E-state index contributed by atoms with van der Waals surface area (Å²) in [6.07, 6.45) is 27.4. The first kappa shape index (κ1) is 25.1. The van der Waals surface area contributed by atoms with Crippen molar-refractivity contribution < 1.29 is 0 Å². The van der Waals surface area contributed by atoms with E-state index in [1.807, 2.05) is 0 Å². The van der Waals surface area contributed by atoms with E-state index < -0.39 is 0 Å². The molecule has 0 heteroatoms. The summed E-state index contributed by atoms with van der Waals surface area (Å²) in [5.41, 5.74) is 2.55. The van der Waals surface area contributed by atoms with Gasteiger partial charge in [0.05, 0.1) is 0 Å². The maximum Gasteiger partial charge on any atom is 0.0249 e. The Labute approximate surface area is 199 Å². The van der Waals surface area contributed by atoms with Crippen LogP contribution in [0.25, 0.3) is 0 Å². The van der Waals surface area contributed by atoms with Gasteiger partial charge in [-0.3, -0.25) is 0 Å². The smallest absolute Gasteiger partial charge is 0.0249 e. The first-order valence-electron chi connectivity index (χ1n) is 14.0. The Hall–Kier alpha value is -1.48. The van der Waals surface area contributed by atoms with Crippen molar-refractivity contribution in [2.24, 2.45) is 23.7 Å². The van der Waals surface area contributed by atoms with Gasteiger partial charge in [-0.25, -0.2) is 0 Å². The summed E-state index contributed by atoms with van der Waals surface area (Å²) in [4.78, 5) is 0. The fourth-order valence-corrected chi connectivity index (χ4v) is 5.99. The van der Waals surface area contributed by atoms with Gasteiger partial charge < -0.3 is 0 Å². The van der Waals surface area contributed by atoms with E-state index in [-0.39, 0.29) is 0 Å². The zero-order chi connectivity index (χ0) is 22.4. The third-order valence-corrected chi connectivity index (χ3v) is 8.22. The van der Waals surface area contributed by atoms with Crippen molar-refractivity contribution in [1.82, 2.24) is 0 Å². The van der Waals surface area contributed by atoms with Gasteiger partial charge >= 0.3 is 0 Å². The molecule has 0 bridgehead atoms. The minimum Gasteiger partial charge on any atom is -0.0730 e. The summed E-state index contributed by atoms with van der Waals surface area (Å²) in [6, 6.07) is 8.77. The normalized spacial score (nSPS) is 26.1. The van der Waals surface area contributed by atoms with Crippen LogP contribution in [0.5, 0.6) is 0 Å². The quantitative estimate of drug-likeness (QED) is 0.255. The number of benzene rings is 1. The van der Waals surface area contributed by atoms with Gasteiger partial charge in [0.2, 0.25) is 0 Å². The standard InChI is InChI=1S/C32H48/c1-3-5-6-10-28-17-21-31(22-18-28)25-26-32-23-19-30(20-24-32)12-8-7-11-29-15-13-27(9-4-2)14-16-29/h8,12-16,28,30-32H,3-6,9-10,17-26H2,1-2H3. The van der Waals surface area contributed by atoms with E-state index in [2.05, 4.69) is 62.1 Å². The van der Waals surface area contributed by atoms with Crippen LogP contribution in [0.1, 0.15) is 121 Å². The molecule has 1 aromatic rings. The van der Waals surface area contributed by atoms with E-state index in [1.165, 1.54) is 102 Å². The van der Waals surface area contributed by atoms with Crippen LogP contribution in [-0.4, -0.2) is 0 Å².